The van der Waals surface area contributed by atoms with Gasteiger partial charge in [0.05, 0.1) is 11.9 Å². The average Bonchev–Trinajstić information content (AvgIpc) is 2.02. The number of halogens is 5. The molecule has 1 aromatic heterocycles. The molecule has 3 nitrogen and oxygen atoms in total. The van der Waals surface area contributed by atoms with Gasteiger partial charge in [-0.05, 0) is 0 Å². The first-order valence-corrected chi connectivity index (χ1v) is 4.43. The molecule has 8 heteroatoms. The number of nitrogen functional groups attached to an aromatic ring is 1. The monoisotopic (exact) mass is 261 g/mol. The zero-order chi connectivity index (χ0) is 10.9. The number of nitrogens with two attached hydrogens (primary N) is 1. The second kappa shape index (κ2) is 4.00. The van der Waals surface area contributed by atoms with Crippen LogP contribution in [0.4, 0.5) is 14.5 Å². The number of anilines is 1. The van der Waals surface area contributed by atoms with Crippen LogP contribution in [0.15, 0.2) is 6.20 Å². The largest absolute Gasteiger partial charge is 0.396 e. The standard InChI is InChI=1S/C6H4Cl3F2N3/c7-6(8,9)5-13-1-2(12)3(14-5)4(10)11/h1,4H,12H2. The van der Waals surface area contributed by atoms with Gasteiger partial charge in [-0.3, -0.25) is 0 Å². The summed E-state index contributed by atoms with van der Waals surface area (Å²) in [6.07, 6.45) is -1.85. The van der Waals surface area contributed by atoms with Gasteiger partial charge in [0.25, 0.3) is 6.43 Å². The van der Waals surface area contributed by atoms with Crippen LogP contribution in [0.3, 0.4) is 0 Å². The molecule has 1 heterocycles. The lowest BCUT2D eigenvalue weighted by atomic mass is 10.3. The van der Waals surface area contributed by atoms with Crippen molar-refractivity contribution in [3.63, 3.8) is 0 Å². The molecule has 0 bridgehead atoms. The second-order valence-corrected chi connectivity index (χ2v) is 4.61. The van der Waals surface area contributed by atoms with Crippen LogP contribution in [-0.4, -0.2) is 9.97 Å². The Kier molecular flexibility index (Phi) is 3.34. The van der Waals surface area contributed by atoms with Gasteiger partial charge in [-0.25, -0.2) is 18.7 Å². The zero-order valence-corrected chi connectivity index (χ0v) is 8.78. The summed E-state index contributed by atoms with van der Waals surface area (Å²) in [5, 5.41) is 0. The number of aromatic nitrogens is 2. The van der Waals surface area contributed by atoms with E-state index in [0.717, 1.165) is 6.20 Å². The number of hydrogen-bond donors (Lipinski definition) is 1. The summed E-state index contributed by atoms with van der Waals surface area (Å²) in [6.45, 7) is 0. The minimum absolute atomic E-state index is 0.238. The maximum atomic E-state index is 12.3. The van der Waals surface area contributed by atoms with E-state index in [4.69, 9.17) is 40.5 Å². The Balaban J connectivity index is 3.20. The topological polar surface area (TPSA) is 51.8 Å². The third kappa shape index (κ3) is 2.56. The van der Waals surface area contributed by atoms with Crippen molar-refractivity contribution in [2.75, 3.05) is 5.73 Å². The van der Waals surface area contributed by atoms with Gasteiger partial charge >= 0.3 is 0 Å². The van der Waals surface area contributed by atoms with E-state index in [1.54, 1.807) is 0 Å². The molecule has 78 valence electrons. The lowest BCUT2D eigenvalue weighted by Crippen LogP contribution is -2.11. The Morgan fingerprint density at radius 2 is 1.93 bits per heavy atom. The predicted octanol–water partition coefficient (Wildman–Crippen LogP) is 2.82. The SMILES string of the molecule is Nc1cnc(C(Cl)(Cl)Cl)nc1C(F)F. The molecule has 2 N–H and O–H groups in total. The van der Waals surface area contributed by atoms with Crippen LogP contribution in [0.5, 0.6) is 0 Å². The quantitative estimate of drug-likeness (QED) is 0.792. The van der Waals surface area contributed by atoms with E-state index in [9.17, 15) is 8.78 Å². The average molecular weight is 262 g/mol. The molecule has 0 amide bonds. The van der Waals surface area contributed by atoms with Gasteiger partial charge in [-0.15, -0.1) is 0 Å². The maximum Gasteiger partial charge on any atom is 0.282 e. The highest BCUT2D eigenvalue weighted by molar-refractivity contribution is 6.66. The molecule has 0 saturated carbocycles. The molecule has 1 rings (SSSR count). The summed E-state index contributed by atoms with van der Waals surface area (Å²) in [6, 6.07) is 0. The molecular formula is C6H4Cl3F2N3. The summed E-state index contributed by atoms with van der Waals surface area (Å²) in [5.74, 6) is -0.327. The lowest BCUT2D eigenvalue weighted by molar-refractivity contribution is 0.146. The fourth-order valence-electron chi connectivity index (χ4n) is 0.716. The highest BCUT2D eigenvalue weighted by Crippen LogP contribution is 2.36. The minimum Gasteiger partial charge on any atom is -0.396 e. The fraction of sp³-hybridized carbons (Fsp3) is 0.333. The maximum absolute atomic E-state index is 12.3. The number of alkyl halides is 5. The van der Waals surface area contributed by atoms with Gasteiger partial charge in [0.15, 0.2) is 5.82 Å². The Morgan fingerprint density at radius 3 is 2.36 bits per heavy atom. The van der Waals surface area contributed by atoms with E-state index in [-0.39, 0.29) is 11.5 Å². The van der Waals surface area contributed by atoms with Crippen LogP contribution in [0, 0.1) is 0 Å². The molecule has 0 aliphatic rings. The van der Waals surface area contributed by atoms with Crippen molar-refractivity contribution in [2.45, 2.75) is 10.2 Å². The van der Waals surface area contributed by atoms with E-state index in [2.05, 4.69) is 9.97 Å². The van der Waals surface area contributed by atoms with Gasteiger partial charge < -0.3 is 5.73 Å². The van der Waals surface area contributed by atoms with Crippen LogP contribution < -0.4 is 5.73 Å². The molecule has 1 aromatic rings. The number of rotatable bonds is 1. The Morgan fingerprint density at radius 1 is 1.36 bits per heavy atom. The third-order valence-corrected chi connectivity index (χ3v) is 1.82. The first kappa shape index (κ1) is 11.7. The Hall–Kier alpha value is -0.390. The summed E-state index contributed by atoms with van der Waals surface area (Å²) >= 11 is 16.2. The Bertz CT molecular complexity index is 340. The van der Waals surface area contributed by atoms with E-state index < -0.39 is 15.9 Å². The zero-order valence-electron chi connectivity index (χ0n) is 6.52. The lowest BCUT2D eigenvalue weighted by Gasteiger charge is -2.11. The molecule has 0 radical (unpaired) electrons. The van der Waals surface area contributed by atoms with Gasteiger partial charge in [0.1, 0.15) is 5.69 Å². The van der Waals surface area contributed by atoms with Crippen molar-refractivity contribution in [1.82, 2.24) is 9.97 Å². The summed E-state index contributed by atoms with van der Waals surface area (Å²) in [4.78, 5) is 6.89. The molecule has 14 heavy (non-hydrogen) atoms. The highest BCUT2D eigenvalue weighted by Gasteiger charge is 2.28. The van der Waals surface area contributed by atoms with Crippen molar-refractivity contribution in [2.24, 2.45) is 0 Å². The molecule has 0 unspecified atom stereocenters. The van der Waals surface area contributed by atoms with Crippen molar-refractivity contribution in [3.05, 3.63) is 17.7 Å². The first-order valence-electron chi connectivity index (χ1n) is 3.30. The molecule has 0 aliphatic carbocycles. The van der Waals surface area contributed by atoms with E-state index in [1.807, 2.05) is 0 Å². The molecular weight excluding hydrogens is 258 g/mol. The molecule has 0 fully saturated rings. The summed E-state index contributed by atoms with van der Waals surface area (Å²) in [5.41, 5.74) is 4.32. The predicted molar refractivity (Wildman–Crippen MR) is 50.6 cm³/mol. The minimum atomic E-state index is -2.83. The van der Waals surface area contributed by atoms with Gasteiger partial charge in [-0.2, -0.15) is 0 Å². The first-order chi connectivity index (χ1) is 6.32. The number of nitrogens with zero attached hydrogens (tertiary/aromatic N) is 2. The summed E-state index contributed by atoms with van der Waals surface area (Å²) in [7, 11) is 0. The third-order valence-electron chi connectivity index (χ3n) is 1.31. The van der Waals surface area contributed by atoms with E-state index in [0.29, 0.717) is 0 Å². The molecule has 0 aromatic carbocycles. The smallest absolute Gasteiger partial charge is 0.282 e. The van der Waals surface area contributed by atoms with E-state index >= 15 is 0 Å². The van der Waals surface area contributed by atoms with Gasteiger partial charge in [0.2, 0.25) is 3.79 Å². The van der Waals surface area contributed by atoms with Crippen molar-refractivity contribution >= 4 is 40.5 Å². The van der Waals surface area contributed by atoms with Crippen LogP contribution >= 0.6 is 34.8 Å². The van der Waals surface area contributed by atoms with Crippen LogP contribution in [0.25, 0.3) is 0 Å². The van der Waals surface area contributed by atoms with Gasteiger partial charge in [0, 0.05) is 0 Å². The van der Waals surface area contributed by atoms with Crippen LogP contribution in [0.2, 0.25) is 0 Å². The van der Waals surface area contributed by atoms with Crippen LogP contribution in [0.1, 0.15) is 17.9 Å². The molecule has 0 spiro atoms. The van der Waals surface area contributed by atoms with Crippen molar-refractivity contribution in [3.8, 4) is 0 Å². The number of hydrogen-bond acceptors (Lipinski definition) is 3. The summed E-state index contributed by atoms with van der Waals surface area (Å²) < 4.78 is 22.7. The Labute approximate surface area is 93.2 Å². The second-order valence-electron chi connectivity index (χ2n) is 2.33. The van der Waals surface area contributed by atoms with E-state index in [1.165, 1.54) is 0 Å². The van der Waals surface area contributed by atoms with Gasteiger partial charge in [-0.1, -0.05) is 34.8 Å². The van der Waals surface area contributed by atoms with Crippen molar-refractivity contribution in [1.29, 1.82) is 0 Å². The van der Waals surface area contributed by atoms with Crippen molar-refractivity contribution < 1.29 is 8.78 Å². The molecule has 0 aliphatic heterocycles. The molecule has 0 saturated heterocycles. The normalized spacial score (nSPS) is 12.1. The fourth-order valence-corrected chi connectivity index (χ4v) is 0.989. The molecule has 0 atom stereocenters. The van der Waals surface area contributed by atoms with Crippen LogP contribution in [-0.2, 0) is 3.79 Å². The highest BCUT2D eigenvalue weighted by atomic mass is 35.6.